The van der Waals surface area contributed by atoms with E-state index in [9.17, 15) is 4.79 Å². The lowest BCUT2D eigenvalue weighted by atomic mass is 10.0. The van der Waals surface area contributed by atoms with Crippen molar-refractivity contribution < 1.29 is 0 Å². The van der Waals surface area contributed by atoms with Crippen LogP contribution in [0.2, 0.25) is 0 Å². The summed E-state index contributed by atoms with van der Waals surface area (Å²) < 4.78 is 0. The number of benzene rings is 1. The monoisotopic (exact) mass is 339 g/mol. The molecule has 1 aromatic heterocycles. The van der Waals surface area contributed by atoms with Crippen molar-refractivity contribution in [3.05, 3.63) is 51.9 Å². The van der Waals surface area contributed by atoms with Gasteiger partial charge in [0.15, 0.2) is 0 Å². The maximum absolute atomic E-state index is 12.1. The highest BCUT2D eigenvalue weighted by molar-refractivity contribution is 5.60. The zero-order valence-corrected chi connectivity index (χ0v) is 15.4. The zero-order chi connectivity index (χ0) is 17.6. The van der Waals surface area contributed by atoms with E-state index in [4.69, 9.17) is 4.98 Å². The van der Waals surface area contributed by atoms with Crippen LogP contribution in [0.5, 0.6) is 0 Å². The van der Waals surface area contributed by atoms with Crippen LogP contribution in [0.15, 0.2) is 35.1 Å². The number of H-pyrrole nitrogens is 1. The van der Waals surface area contributed by atoms with E-state index in [2.05, 4.69) is 41.9 Å². The molecule has 4 heteroatoms. The molecule has 0 aliphatic carbocycles. The van der Waals surface area contributed by atoms with Crippen LogP contribution in [0.4, 0.5) is 0 Å². The minimum absolute atomic E-state index is 0.0581. The lowest BCUT2D eigenvalue weighted by Crippen LogP contribution is -2.36. The fourth-order valence-corrected chi connectivity index (χ4v) is 3.62. The molecule has 134 valence electrons. The molecule has 1 atom stereocenters. The molecule has 0 amide bonds. The molecular weight excluding hydrogens is 310 g/mol. The van der Waals surface area contributed by atoms with E-state index < -0.39 is 0 Å². The summed E-state index contributed by atoms with van der Waals surface area (Å²) in [5.74, 6) is 0.707. The minimum atomic E-state index is -0.0581. The van der Waals surface area contributed by atoms with Gasteiger partial charge in [0, 0.05) is 29.9 Å². The number of likely N-dealkylation sites (tertiary alicyclic amines) is 1. The van der Waals surface area contributed by atoms with Crippen LogP contribution in [0.25, 0.3) is 11.4 Å². The van der Waals surface area contributed by atoms with Crippen LogP contribution >= 0.6 is 0 Å². The van der Waals surface area contributed by atoms with Crippen LogP contribution in [0, 0.1) is 0 Å². The number of nitrogens with one attached hydrogen (secondary N) is 1. The Balaban J connectivity index is 1.90. The smallest absolute Gasteiger partial charge is 0.251 e. The van der Waals surface area contributed by atoms with Gasteiger partial charge in [-0.3, -0.25) is 9.69 Å². The van der Waals surface area contributed by atoms with Crippen molar-refractivity contribution in [2.45, 2.75) is 65.0 Å². The molecule has 2 heterocycles. The van der Waals surface area contributed by atoms with Gasteiger partial charge in [0.2, 0.25) is 0 Å². The molecule has 0 saturated carbocycles. The molecule has 1 aliphatic rings. The van der Waals surface area contributed by atoms with Crippen molar-refractivity contribution in [2.24, 2.45) is 0 Å². The van der Waals surface area contributed by atoms with E-state index in [-0.39, 0.29) is 5.56 Å². The zero-order valence-electron chi connectivity index (χ0n) is 15.4. The lowest BCUT2D eigenvalue weighted by molar-refractivity contribution is 0.153. The molecule has 25 heavy (non-hydrogen) atoms. The predicted octanol–water partition coefficient (Wildman–Crippen LogP) is 4.15. The molecular formula is C21H29N3O. The Hall–Kier alpha value is -1.94. The fraction of sp³-hybridized carbons (Fsp3) is 0.524. The van der Waals surface area contributed by atoms with Gasteiger partial charge in [-0.25, -0.2) is 4.98 Å². The molecule has 1 saturated heterocycles. The topological polar surface area (TPSA) is 49.0 Å². The maximum Gasteiger partial charge on any atom is 0.251 e. The first kappa shape index (κ1) is 17.9. The molecule has 0 bridgehead atoms. The second-order valence-corrected chi connectivity index (χ2v) is 7.16. The number of unbranched alkanes of at least 4 members (excludes halogenated alkanes) is 1. The Morgan fingerprint density at radius 3 is 2.92 bits per heavy atom. The Kier molecular flexibility index (Phi) is 6.03. The van der Waals surface area contributed by atoms with Gasteiger partial charge < -0.3 is 4.98 Å². The van der Waals surface area contributed by atoms with E-state index in [1.165, 1.54) is 24.8 Å². The normalized spacial score (nSPS) is 18.4. The Morgan fingerprint density at radius 2 is 2.12 bits per heavy atom. The highest BCUT2D eigenvalue weighted by Gasteiger charge is 2.20. The van der Waals surface area contributed by atoms with Gasteiger partial charge in [-0.2, -0.15) is 0 Å². The summed E-state index contributed by atoms with van der Waals surface area (Å²) in [6.07, 6.45) is 6.89. The molecule has 1 unspecified atom stereocenters. The molecule has 0 radical (unpaired) electrons. The molecule has 4 nitrogen and oxygen atoms in total. The van der Waals surface area contributed by atoms with Crippen molar-refractivity contribution in [3.63, 3.8) is 0 Å². The van der Waals surface area contributed by atoms with Crippen molar-refractivity contribution >= 4 is 0 Å². The third-order valence-electron chi connectivity index (χ3n) is 5.17. The van der Waals surface area contributed by atoms with Crippen LogP contribution < -0.4 is 5.56 Å². The average molecular weight is 339 g/mol. The standard InChI is InChI=1S/C21H29N3O/c1-3-4-11-18-14-20(25)23-21(22-18)19-12-6-5-10-17(19)15-24-13-8-7-9-16(24)2/h5-6,10,12,14,16H,3-4,7-9,11,13,15H2,1-2H3,(H,22,23,25). The summed E-state index contributed by atoms with van der Waals surface area (Å²) in [5.41, 5.74) is 3.13. The van der Waals surface area contributed by atoms with E-state index in [1.807, 2.05) is 6.07 Å². The predicted molar refractivity (Wildman–Crippen MR) is 103 cm³/mol. The number of nitrogens with zero attached hydrogens (tertiary/aromatic N) is 2. The fourth-order valence-electron chi connectivity index (χ4n) is 3.62. The number of aromatic amines is 1. The van der Waals surface area contributed by atoms with Crippen LogP contribution in [-0.4, -0.2) is 27.5 Å². The molecule has 1 N–H and O–H groups in total. The summed E-state index contributed by atoms with van der Waals surface area (Å²) in [7, 11) is 0. The largest absolute Gasteiger partial charge is 0.307 e. The first-order chi connectivity index (χ1) is 12.2. The van der Waals surface area contributed by atoms with Crippen molar-refractivity contribution in [1.29, 1.82) is 0 Å². The number of hydrogen-bond donors (Lipinski definition) is 1. The van der Waals surface area contributed by atoms with Crippen molar-refractivity contribution in [3.8, 4) is 11.4 Å². The second-order valence-electron chi connectivity index (χ2n) is 7.16. The SMILES string of the molecule is CCCCc1cc(=O)[nH]c(-c2ccccc2CN2CCCCC2C)n1. The third-order valence-corrected chi connectivity index (χ3v) is 5.17. The highest BCUT2D eigenvalue weighted by atomic mass is 16.1. The lowest BCUT2D eigenvalue weighted by Gasteiger charge is -2.33. The average Bonchev–Trinajstić information content (AvgIpc) is 2.62. The Labute approximate surface area is 150 Å². The van der Waals surface area contributed by atoms with Crippen molar-refractivity contribution in [2.75, 3.05) is 6.54 Å². The highest BCUT2D eigenvalue weighted by Crippen LogP contribution is 2.25. The first-order valence-electron chi connectivity index (χ1n) is 9.60. The Bertz CT molecular complexity index is 753. The summed E-state index contributed by atoms with van der Waals surface area (Å²) in [6.45, 7) is 6.53. The van der Waals surface area contributed by atoms with Crippen molar-refractivity contribution in [1.82, 2.24) is 14.9 Å². The Morgan fingerprint density at radius 1 is 1.28 bits per heavy atom. The van der Waals surface area contributed by atoms with E-state index in [0.29, 0.717) is 11.9 Å². The van der Waals surface area contributed by atoms with Gasteiger partial charge in [-0.15, -0.1) is 0 Å². The molecule has 1 fully saturated rings. The summed E-state index contributed by atoms with van der Waals surface area (Å²) >= 11 is 0. The summed E-state index contributed by atoms with van der Waals surface area (Å²) in [6, 6.07) is 10.6. The maximum atomic E-state index is 12.1. The number of hydrogen-bond acceptors (Lipinski definition) is 3. The first-order valence-corrected chi connectivity index (χ1v) is 9.60. The molecule has 1 aromatic carbocycles. The summed E-state index contributed by atoms with van der Waals surface area (Å²) in [4.78, 5) is 22.3. The van der Waals surface area contributed by atoms with Gasteiger partial charge in [0.1, 0.15) is 5.82 Å². The van der Waals surface area contributed by atoms with Gasteiger partial charge >= 0.3 is 0 Å². The van der Waals surface area contributed by atoms with E-state index in [0.717, 1.165) is 43.6 Å². The quantitative estimate of drug-likeness (QED) is 0.860. The molecule has 1 aliphatic heterocycles. The number of aryl methyl sites for hydroxylation is 1. The van der Waals surface area contributed by atoms with Gasteiger partial charge in [-0.1, -0.05) is 44.0 Å². The van der Waals surface area contributed by atoms with Crippen LogP contribution in [0.1, 0.15) is 57.2 Å². The number of aromatic nitrogens is 2. The van der Waals surface area contributed by atoms with Gasteiger partial charge in [0.25, 0.3) is 5.56 Å². The molecule has 3 rings (SSSR count). The van der Waals surface area contributed by atoms with Crippen LogP contribution in [0.3, 0.4) is 0 Å². The van der Waals surface area contributed by atoms with E-state index >= 15 is 0 Å². The minimum Gasteiger partial charge on any atom is -0.307 e. The second kappa shape index (κ2) is 8.43. The van der Waals surface area contributed by atoms with E-state index in [1.54, 1.807) is 6.07 Å². The number of piperidine rings is 1. The summed E-state index contributed by atoms with van der Waals surface area (Å²) in [5, 5.41) is 0. The third kappa shape index (κ3) is 4.57. The van der Waals surface area contributed by atoms with Crippen LogP contribution in [-0.2, 0) is 13.0 Å². The van der Waals surface area contributed by atoms with Gasteiger partial charge in [0.05, 0.1) is 0 Å². The molecule has 0 spiro atoms. The number of rotatable bonds is 6. The molecule has 2 aromatic rings. The van der Waals surface area contributed by atoms with Gasteiger partial charge in [-0.05, 0) is 44.7 Å².